The summed E-state index contributed by atoms with van der Waals surface area (Å²) in [6, 6.07) is 17.8. The Morgan fingerprint density at radius 3 is 2.31 bits per heavy atom. The number of imide groups is 1. The van der Waals surface area contributed by atoms with Crippen molar-refractivity contribution >= 4 is 89.7 Å². The summed E-state index contributed by atoms with van der Waals surface area (Å²) in [4.78, 5) is 26.7. The molecule has 0 N–H and O–H groups in total. The molecule has 9 heteroatoms. The van der Waals surface area contributed by atoms with E-state index in [0.717, 1.165) is 26.7 Å². The van der Waals surface area contributed by atoms with E-state index in [4.69, 9.17) is 27.9 Å². The van der Waals surface area contributed by atoms with Crippen molar-refractivity contribution in [2.75, 3.05) is 4.90 Å². The molecule has 0 aromatic heterocycles. The third-order valence-corrected chi connectivity index (χ3v) is 7.01. The second-order valence-corrected chi connectivity index (χ2v) is 10.3. The Morgan fingerprint density at radius 1 is 0.969 bits per heavy atom. The Bertz CT molecular complexity index is 1210. The van der Waals surface area contributed by atoms with E-state index >= 15 is 0 Å². The average Bonchev–Trinajstić information content (AvgIpc) is 3.02. The van der Waals surface area contributed by atoms with Crippen LogP contribution in [-0.2, 0) is 11.4 Å². The molecule has 0 radical (unpaired) electrons. The first kappa shape index (κ1) is 23.4. The highest BCUT2D eigenvalue weighted by atomic mass is 79.9. The smallest absolute Gasteiger partial charge is 0.298 e. The van der Waals surface area contributed by atoms with Gasteiger partial charge in [0, 0.05) is 9.50 Å². The van der Waals surface area contributed by atoms with E-state index in [1.807, 2.05) is 24.3 Å². The van der Waals surface area contributed by atoms with Crippen LogP contribution in [0.1, 0.15) is 11.1 Å². The number of anilines is 1. The lowest BCUT2D eigenvalue weighted by molar-refractivity contribution is -0.113. The molecule has 3 aromatic carbocycles. The Hall–Kier alpha value is -1.77. The SMILES string of the molecule is O=C1S/C(=C/c2cc(Cl)c(OCc3ccc(Br)cc3)c(Br)c2)C(=O)N1c1ccc(Cl)cc1. The molecule has 0 aliphatic carbocycles. The summed E-state index contributed by atoms with van der Waals surface area (Å²) in [5, 5.41) is 0.543. The number of carbonyl (C=O) groups excluding carboxylic acids is 2. The second kappa shape index (κ2) is 10.0. The zero-order valence-corrected chi connectivity index (χ0v) is 21.7. The van der Waals surface area contributed by atoms with E-state index in [1.165, 1.54) is 0 Å². The molecule has 2 amide bonds. The summed E-state index contributed by atoms with van der Waals surface area (Å²) in [5.41, 5.74) is 2.13. The molecule has 4 nitrogen and oxygen atoms in total. The van der Waals surface area contributed by atoms with Crippen molar-refractivity contribution in [2.45, 2.75) is 6.61 Å². The van der Waals surface area contributed by atoms with Gasteiger partial charge < -0.3 is 4.74 Å². The van der Waals surface area contributed by atoms with E-state index in [1.54, 1.807) is 42.5 Å². The number of thioether (sulfide) groups is 1. The van der Waals surface area contributed by atoms with Gasteiger partial charge in [0.25, 0.3) is 11.1 Å². The lowest BCUT2D eigenvalue weighted by Crippen LogP contribution is -2.27. The third kappa shape index (κ3) is 5.24. The number of hydrogen-bond donors (Lipinski definition) is 0. The van der Waals surface area contributed by atoms with Crippen molar-refractivity contribution in [3.05, 3.63) is 95.7 Å². The van der Waals surface area contributed by atoms with Gasteiger partial charge in [-0.1, -0.05) is 51.3 Å². The normalized spacial score (nSPS) is 15.0. The molecule has 1 aliphatic rings. The zero-order valence-electron chi connectivity index (χ0n) is 16.2. The van der Waals surface area contributed by atoms with Gasteiger partial charge in [-0.15, -0.1) is 0 Å². The maximum Gasteiger partial charge on any atom is 0.298 e. The topological polar surface area (TPSA) is 46.6 Å². The molecular formula is C23H13Br2Cl2NO3S. The Labute approximate surface area is 215 Å². The van der Waals surface area contributed by atoms with Gasteiger partial charge in [0.1, 0.15) is 6.61 Å². The third-order valence-electron chi connectivity index (χ3n) is 4.49. The van der Waals surface area contributed by atoms with Gasteiger partial charge in [-0.3, -0.25) is 9.59 Å². The number of halogens is 4. The molecule has 3 aromatic rings. The molecule has 0 bridgehead atoms. The highest BCUT2D eigenvalue weighted by Gasteiger charge is 2.36. The number of ether oxygens (including phenoxy) is 1. The molecule has 162 valence electrons. The molecule has 4 rings (SSSR count). The number of amides is 2. The molecule has 1 saturated heterocycles. The summed E-state index contributed by atoms with van der Waals surface area (Å²) >= 11 is 20.1. The maximum absolute atomic E-state index is 12.8. The Kier molecular flexibility index (Phi) is 7.32. The average molecular weight is 614 g/mol. The fraction of sp³-hybridized carbons (Fsp3) is 0.0435. The van der Waals surface area contributed by atoms with Crippen molar-refractivity contribution in [3.8, 4) is 5.75 Å². The van der Waals surface area contributed by atoms with Crippen molar-refractivity contribution in [1.29, 1.82) is 0 Å². The lowest BCUT2D eigenvalue weighted by Gasteiger charge is -2.12. The number of carbonyl (C=O) groups is 2. The predicted octanol–water partition coefficient (Wildman–Crippen LogP) is 8.34. The van der Waals surface area contributed by atoms with Gasteiger partial charge in [0.15, 0.2) is 5.75 Å². The molecule has 1 fully saturated rings. The van der Waals surface area contributed by atoms with Crippen LogP contribution in [0, 0.1) is 0 Å². The number of hydrogen-bond acceptors (Lipinski definition) is 4. The molecule has 0 unspecified atom stereocenters. The maximum atomic E-state index is 12.8. The van der Waals surface area contributed by atoms with Gasteiger partial charge in [-0.05, 0) is 93.4 Å². The zero-order chi connectivity index (χ0) is 22.8. The summed E-state index contributed by atoms with van der Waals surface area (Å²) in [6.45, 7) is 0.352. The Morgan fingerprint density at radius 2 is 1.66 bits per heavy atom. The number of nitrogens with zero attached hydrogens (tertiary/aromatic N) is 1. The van der Waals surface area contributed by atoms with Crippen LogP contribution in [-0.4, -0.2) is 11.1 Å². The van der Waals surface area contributed by atoms with Crippen LogP contribution in [0.25, 0.3) is 6.08 Å². The van der Waals surface area contributed by atoms with Crippen molar-refractivity contribution in [1.82, 2.24) is 0 Å². The van der Waals surface area contributed by atoms with Gasteiger partial charge in [0.2, 0.25) is 0 Å². The van der Waals surface area contributed by atoms with E-state index in [-0.39, 0.29) is 5.24 Å². The van der Waals surface area contributed by atoms with Gasteiger partial charge in [-0.2, -0.15) is 0 Å². The summed E-state index contributed by atoms with van der Waals surface area (Å²) < 4.78 is 7.52. The minimum atomic E-state index is -0.398. The minimum Gasteiger partial charge on any atom is -0.486 e. The van der Waals surface area contributed by atoms with Gasteiger partial charge >= 0.3 is 0 Å². The van der Waals surface area contributed by atoms with E-state index in [0.29, 0.717) is 43.0 Å². The standard InChI is InChI=1S/C23H13Br2Cl2NO3S/c24-15-3-1-13(2-4-15)12-31-21-18(25)9-14(10-19(21)27)11-20-22(29)28(23(30)32-20)17-7-5-16(26)6-8-17/h1-11H,12H2/b20-11+. The van der Waals surface area contributed by atoms with Crippen molar-refractivity contribution < 1.29 is 14.3 Å². The number of benzene rings is 3. The minimum absolute atomic E-state index is 0.302. The van der Waals surface area contributed by atoms with Crippen LogP contribution in [0.4, 0.5) is 10.5 Å². The largest absolute Gasteiger partial charge is 0.486 e. The van der Waals surface area contributed by atoms with Crippen molar-refractivity contribution in [2.24, 2.45) is 0 Å². The molecule has 0 atom stereocenters. The number of rotatable bonds is 5. The molecule has 32 heavy (non-hydrogen) atoms. The van der Waals surface area contributed by atoms with Crippen LogP contribution in [0.5, 0.6) is 5.75 Å². The molecule has 0 spiro atoms. The van der Waals surface area contributed by atoms with Crippen molar-refractivity contribution in [3.63, 3.8) is 0 Å². The van der Waals surface area contributed by atoms with E-state index < -0.39 is 5.91 Å². The summed E-state index contributed by atoms with van der Waals surface area (Å²) in [5.74, 6) is 0.103. The fourth-order valence-electron chi connectivity index (χ4n) is 2.97. The van der Waals surface area contributed by atoms with E-state index in [9.17, 15) is 9.59 Å². The predicted molar refractivity (Wildman–Crippen MR) is 138 cm³/mol. The lowest BCUT2D eigenvalue weighted by atomic mass is 10.2. The van der Waals surface area contributed by atoms with Crippen LogP contribution in [0.2, 0.25) is 10.0 Å². The Balaban J connectivity index is 1.54. The van der Waals surface area contributed by atoms with Gasteiger partial charge in [0.05, 0.1) is 20.1 Å². The second-order valence-electron chi connectivity index (χ2n) is 6.72. The fourth-order valence-corrected chi connectivity index (χ4v) is 5.19. The van der Waals surface area contributed by atoms with Crippen LogP contribution in [0.3, 0.4) is 0 Å². The van der Waals surface area contributed by atoms with E-state index in [2.05, 4.69) is 31.9 Å². The highest BCUT2D eigenvalue weighted by molar-refractivity contribution is 9.10. The molecule has 0 saturated carbocycles. The first-order valence-corrected chi connectivity index (χ1v) is 12.4. The summed E-state index contributed by atoms with van der Waals surface area (Å²) in [6.07, 6.45) is 1.63. The molecule has 1 heterocycles. The quantitative estimate of drug-likeness (QED) is 0.271. The highest BCUT2D eigenvalue weighted by Crippen LogP contribution is 2.39. The monoisotopic (exact) mass is 611 g/mol. The first-order chi connectivity index (χ1) is 15.3. The summed E-state index contributed by atoms with van der Waals surface area (Å²) in [7, 11) is 0. The van der Waals surface area contributed by atoms with Gasteiger partial charge in [-0.25, -0.2) is 4.90 Å². The first-order valence-electron chi connectivity index (χ1n) is 9.21. The van der Waals surface area contributed by atoms with Crippen LogP contribution in [0.15, 0.2) is 74.5 Å². The molecular weight excluding hydrogens is 601 g/mol. The van der Waals surface area contributed by atoms with Crippen LogP contribution >= 0.6 is 66.8 Å². The molecule has 1 aliphatic heterocycles. The van der Waals surface area contributed by atoms with Crippen LogP contribution < -0.4 is 9.64 Å².